The number of nitrogens with one attached hydrogen (secondary N) is 1. The van der Waals surface area contributed by atoms with Gasteiger partial charge in [0, 0.05) is 16.4 Å². The lowest BCUT2D eigenvalue weighted by atomic mass is 9.99. The van der Waals surface area contributed by atoms with Gasteiger partial charge in [0.2, 0.25) is 0 Å². The molecule has 5 nitrogen and oxygen atoms in total. The van der Waals surface area contributed by atoms with Crippen molar-refractivity contribution in [1.82, 2.24) is 10.4 Å². The second-order valence-electron chi connectivity index (χ2n) is 4.68. The number of nitrogens with two attached hydrogens (primary N) is 2. The van der Waals surface area contributed by atoms with Gasteiger partial charge in [0.15, 0.2) is 0 Å². The summed E-state index contributed by atoms with van der Waals surface area (Å²) in [5, 5.41) is 0. The number of pyridine rings is 1. The van der Waals surface area contributed by atoms with Crippen LogP contribution in [-0.4, -0.2) is 11.6 Å². The van der Waals surface area contributed by atoms with Crippen molar-refractivity contribution in [1.29, 1.82) is 0 Å². The first-order valence-electron chi connectivity index (χ1n) is 6.74. The van der Waals surface area contributed by atoms with E-state index in [2.05, 4.69) is 33.3 Å². The number of hydrogen-bond acceptors (Lipinski definition) is 5. The SMILES string of the molecule is CCCOc1cncc(C(NN)c2cc(Br)ccc2N)c1. The predicted octanol–water partition coefficient (Wildman–Crippen LogP) is 2.77. The van der Waals surface area contributed by atoms with Crippen LogP contribution in [0.5, 0.6) is 5.75 Å². The van der Waals surface area contributed by atoms with E-state index in [1.807, 2.05) is 24.3 Å². The Balaban J connectivity index is 2.34. The molecule has 2 rings (SSSR count). The summed E-state index contributed by atoms with van der Waals surface area (Å²) in [7, 11) is 0. The van der Waals surface area contributed by atoms with Crippen LogP contribution in [0.1, 0.15) is 30.5 Å². The van der Waals surface area contributed by atoms with Crippen LogP contribution in [0.2, 0.25) is 0 Å². The fourth-order valence-corrected chi connectivity index (χ4v) is 2.43. The lowest BCUT2D eigenvalue weighted by molar-refractivity contribution is 0.315. The molecule has 5 N–H and O–H groups in total. The van der Waals surface area contributed by atoms with Crippen LogP contribution in [0.3, 0.4) is 0 Å². The first kappa shape index (κ1) is 15.8. The van der Waals surface area contributed by atoms with Crippen molar-refractivity contribution in [2.45, 2.75) is 19.4 Å². The quantitative estimate of drug-likeness (QED) is 0.423. The minimum atomic E-state index is -0.250. The van der Waals surface area contributed by atoms with Crippen LogP contribution >= 0.6 is 15.9 Å². The van der Waals surface area contributed by atoms with E-state index in [4.69, 9.17) is 16.3 Å². The largest absolute Gasteiger partial charge is 0.492 e. The average Bonchev–Trinajstić information content (AvgIpc) is 2.50. The number of aromatic nitrogens is 1. The summed E-state index contributed by atoms with van der Waals surface area (Å²) in [6.45, 7) is 2.72. The maximum atomic E-state index is 6.05. The smallest absolute Gasteiger partial charge is 0.137 e. The third-order valence-electron chi connectivity index (χ3n) is 3.07. The Kier molecular flexibility index (Phi) is 5.55. The molecule has 112 valence electrons. The van der Waals surface area contributed by atoms with Crippen LogP contribution in [0.25, 0.3) is 0 Å². The molecule has 0 saturated heterocycles. The average molecular weight is 351 g/mol. The predicted molar refractivity (Wildman–Crippen MR) is 87.7 cm³/mol. The van der Waals surface area contributed by atoms with Crippen molar-refractivity contribution in [3.05, 3.63) is 52.3 Å². The third-order valence-corrected chi connectivity index (χ3v) is 3.56. The number of nitrogens with zero attached hydrogens (tertiary/aromatic N) is 1. The number of hydrogen-bond donors (Lipinski definition) is 3. The zero-order valence-electron chi connectivity index (χ0n) is 11.8. The number of nitrogen functional groups attached to an aromatic ring is 1. The van der Waals surface area contributed by atoms with Crippen molar-refractivity contribution >= 4 is 21.6 Å². The van der Waals surface area contributed by atoms with Crippen molar-refractivity contribution in [2.75, 3.05) is 12.3 Å². The van der Waals surface area contributed by atoms with E-state index in [9.17, 15) is 0 Å². The van der Waals surface area contributed by atoms with Gasteiger partial charge in [0.25, 0.3) is 0 Å². The molecule has 0 amide bonds. The highest BCUT2D eigenvalue weighted by molar-refractivity contribution is 9.10. The van der Waals surface area contributed by atoms with E-state index >= 15 is 0 Å². The summed E-state index contributed by atoms with van der Waals surface area (Å²) in [5.41, 5.74) is 11.3. The Labute approximate surface area is 132 Å². The molecule has 0 spiro atoms. The van der Waals surface area contributed by atoms with Crippen LogP contribution in [0.4, 0.5) is 5.69 Å². The highest BCUT2D eigenvalue weighted by Crippen LogP contribution is 2.30. The molecule has 0 saturated carbocycles. The number of benzene rings is 1. The molecular formula is C15H19BrN4O. The second-order valence-corrected chi connectivity index (χ2v) is 5.59. The Hall–Kier alpha value is -1.63. The summed E-state index contributed by atoms with van der Waals surface area (Å²) in [5.74, 6) is 6.44. The molecular weight excluding hydrogens is 332 g/mol. The molecule has 1 unspecified atom stereocenters. The van der Waals surface area contributed by atoms with E-state index in [1.54, 1.807) is 12.4 Å². The summed E-state index contributed by atoms with van der Waals surface area (Å²) >= 11 is 3.45. The van der Waals surface area contributed by atoms with E-state index in [1.165, 1.54) is 0 Å². The van der Waals surface area contributed by atoms with Gasteiger partial charge in [-0.1, -0.05) is 22.9 Å². The molecule has 0 bridgehead atoms. The van der Waals surface area contributed by atoms with E-state index in [0.717, 1.165) is 27.8 Å². The van der Waals surface area contributed by atoms with Crippen LogP contribution < -0.4 is 21.7 Å². The first-order chi connectivity index (χ1) is 10.2. The molecule has 2 aromatic rings. The molecule has 0 aliphatic heterocycles. The monoisotopic (exact) mass is 350 g/mol. The number of anilines is 1. The van der Waals surface area contributed by atoms with Gasteiger partial charge in [0.05, 0.1) is 18.8 Å². The standard InChI is InChI=1S/C15H19BrN4O/c1-2-5-21-12-6-10(8-19-9-12)15(20-18)13-7-11(16)3-4-14(13)17/h3-4,6-9,15,20H,2,5,17-18H2,1H3. The summed E-state index contributed by atoms with van der Waals surface area (Å²) in [6, 6.07) is 7.35. The fraction of sp³-hybridized carbons (Fsp3) is 0.267. The number of halogens is 1. The lowest BCUT2D eigenvalue weighted by Crippen LogP contribution is -2.29. The lowest BCUT2D eigenvalue weighted by Gasteiger charge is -2.19. The zero-order valence-corrected chi connectivity index (χ0v) is 13.4. The van der Waals surface area contributed by atoms with Crippen LogP contribution in [0.15, 0.2) is 41.1 Å². The summed E-state index contributed by atoms with van der Waals surface area (Å²) in [6.07, 6.45) is 4.39. The van der Waals surface area contributed by atoms with Crippen molar-refractivity contribution in [2.24, 2.45) is 5.84 Å². The van der Waals surface area contributed by atoms with Crippen LogP contribution in [-0.2, 0) is 0 Å². The first-order valence-corrected chi connectivity index (χ1v) is 7.53. The summed E-state index contributed by atoms with van der Waals surface area (Å²) < 4.78 is 6.55. The minimum Gasteiger partial charge on any atom is -0.492 e. The van der Waals surface area contributed by atoms with Gasteiger partial charge in [-0.05, 0) is 41.8 Å². The third kappa shape index (κ3) is 3.93. The van der Waals surface area contributed by atoms with Gasteiger partial charge < -0.3 is 10.5 Å². The second kappa shape index (κ2) is 7.40. The normalized spacial score (nSPS) is 12.1. The Morgan fingerprint density at radius 3 is 2.86 bits per heavy atom. The number of hydrazine groups is 1. The molecule has 0 fully saturated rings. The highest BCUT2D eigenvalue weighted by Gasteiger charge is 2.16. The molecule has 6 heteroatoms. The molecule has 1 aromatic carbocycles. The van der Waals surface area contributed by atoms with Gasteiger partial charge in [0.1, 0.15) is 5.75 Å². The van der Waals surface area contributed by atoms with Crippen molar-refractivity contribution in [3.63, 3.8) is 0 Å². The van der Waals surface area contributed by atoms with Gasteiger partial charge in [-0.25, -0.2) is 5.43 Å². The summed E-state index contributed by atoms with van der Waals surface area (Å²) in [4.78, 5) is 4.21. The maximum absolute atomic E-state index is 6.05. The molecule has 21 heavy (non-hydrogen) atoms. The molecule has 0 aliphatic carbocycles. The van der Waals surface area contributed by atoms with Crippen molar-refractivity contribution < 1.29 is 4.74 Å². The van der Waals surface area contributed by atoms with Gasteiger partial charge in [-0.2, -0.15) is 0 Å². The number of rotatable bonds is 6. The highest BCUT2D eigenvalue weighted by atomic mass is 79.9. The van der Waals surface area contributed by atoms with Gasteiger partial charge in [-0.3, -0.25) is 10.8 Å². The molecule has 1 heterocycles. The topological polar surface area (TPSA) is 86.2 Å². The van der Waals surface area contributed by atoms with Gasteiger partial charge in [-0.15, -0.1) is 0 Å². The minimum absolute atomic E-state index is 0.250. The number of ether oxygens (including phenoxy) is 1. The fourth-order valence-electron chi connectivity index (χ4n) is 2.05. The van der Waals surface area contributed by atoms with E-state index < -0.39 is 0 Å². The van der Waals surface area contributed by atoms with E-state index in [0.29, 0.717) is 12.3 Å². The molecule has 1 atom stereocenters. The maximum Gasteiger partial charge on any atom is 0.137 e. The Morgan fingerprint density at radius 1 is 1.33 bits per heavy atom. The molecule has 0 radical (unpaired) electrons. The van der Waals surface area contributed by atoms with Crippen molar-refractivity contribution in [3.8, 4) is 5.75 Å². The van der Waals surface area contributed by atoms with Crippen LogP contribution in [0, 0.1) is 0 Å². The van der Waals surface area contributed by atoms with Gasteiger partial charge >= 0.3 is 0 Å². The van der Waals surface area contributed by atoms with E-state index in [-0.39, 0.29) is 6.04 Å². The zero-order chi connectivity index (χ0) is 15.2. The Morgan fingerprint density at radius 2 is 2.14 bits per heavy atom. The molecule has 1 aromatic heterocycles. The Bertz CT molecular complexity index is 606. The molecule has 0 aliphatic rings.